The maximum atomic E-state index is 6.01. The van der Waals surface area contributed by atoms with E-state index in [1.54, 1.807) is 13.3 Å². The van der Waals surface area contributed by atoms with Crippen LogP contribution < -0.4 is 4.74 Å². The molecule has 0 aliphatic heterocycles. The van der Waals surface area contributed by atoms with E-state index in [-0.39, 0.29) is 0 Å². The first-order valence-corrected chi connectivity index (χ1v) is 6.84. The van der Waals surface area contributed by atoms with Gasteiger partial charge in [-0.3, -0.25) is 4.98 Å². The van der Waals surface area contributed by atoms with Gasteiger partial charge in [-0.05, 0) is 24.3 Å². The fourth-order valence-electron chi connectivity index (χ4n) is 2.22. The van der Waals surface area contributed by atoms with Gasteiger partial charge in [0, 0.05) is 12.3 Å². The number of alkyl halides is 1. The van der Waals surface area contributed by atoms with Crippen LogP contribution in [0.3, 0.4) is 0 Å². The van der Waals surface area contributed by atoms with E-state index in [9.17, 15) is 0 Å². The lowest BCUT2D eigenvalue weighted by molar-refractivity contribution is 0.415. The molecular weight excluding hydrogens is 274 g/mol. The van der Waals surface area contributed by atoms with Gasteiger partial charge in [-0.2, -0.15) is 0 Å². The highest BCUT2D eigenvalue weighted by Crippen LogP contribution is 2.23. The third-order valence-electron chi connectivity index (χ3n) is 3.20. The lowest BCUT2D eigenvalue weighted by Gasteiger charge is -2.07. The summed E-state index contributed by atoms with van der Waals surface area (Å²) >= 11 is 6.01. The first kappa shape index (κ1) is 12.9. The van der Waals surface area contributed by atoms with E-state index in [4.69, 9.17) is 16.3 Å². The normalized spacial score (nSPS) is 10.9. The Balaban J connectivity index is 2.08. The minimum Gasteiger partial charge on any atom is -0.497 e. The van der Waals surface area contributed by atoms with Gasteiger partial charge in [0.1, 0.15) is 11.6 Å². The van der Waals surface area contributed by atoms with Crippen molar-refractivity contribution in [3.8, 4) is 5.75 Å². The Morgan fingerprint density at radius 3 is 2.85 bits per heavy atom. The van der Waals surface area contributed by atoms with E-state index in [0.29, 0.717) is 12.4 Å². The van der Waals surface area contributed by atoms with Crippen LogP contribution in [0.5, 0.6) is 5.75 Å². The van der Waals surface area contributed by atoms with E-state index in [0.717, 1.165) is 28.3 Å². The van der Waals surface area contributed by atoms with E-state index >= 15 is 0 Å². The predicted molar refractivity (Wildman–Crippen MR) is 79.2 cm³/mol. The van der Waals surface area contributed by atoms with E-state index in [2.05, 4.69) is 14.5 Å². The third kappa shape index (κ3) is 2.34. The van der Waals surface area contributed by atoms with Crippen LogP contribution in [0, 0.1) is 0 Å². The molecule has 0 unspecified atom stereocenters. The molecule has 1 aromatic carbocycles. The zero-order chi connectivity index (χ0) is 13.9. The van der Waals surface area contributed by atoms with Gasteiger partial charge in [0.25, 0.3) is 0 Å². The SMILES string of the molecule is COc1ccc2c(c1)nc(CCl)n2Cc1ccccn1. The molecule has 0 aliphatic rings. The summed E-state index contributed by atoms with van der Waals surface area (Å²) < 4.78 is 7.32. The number of fused-ring (bicyclic) bond motifs is 1. The van der Waals surface area contributed by atoms with Crippen LogP contribution in [-0.2, 0) is 12.4 Å². The molecule has 5 heteroatoms. The maximum absolute atomic E-state index is 6.01. The summed E-state index contributed by atoms with van der Waals surface area (Å²) in [7, 11) is 1.65. The summed E-state index contributed by atoms with van der Waals surface area (Å²) in [6, 6.07) is 11.7. The molecule has 102 valence electrons. The number of ether oxygens (including phenoxy) is 1. The highest BCUT2D eigenvalue weighted by Gasteiger charge is 2.11. The van der Waals surface area contributed by atoms with Gasteiger partial charge in [-0.15, -0.1) is 11.6 Å². The average Bonchev–Trinajstić information content (AvgIpc) is 2.85. The second kappa shape index (κ2) is 5.51. The van der Waals surface area contributed by atoms with E-state index in [1.807, 2.05) is 36.4 Å². The van der Waals surface area contributed by atoms with Crippen molar-refractivity contribution in [3.05, 3.63) is 54.1 Å². The minimum atomic E-state index is 0.365. The van der Waals surface area contributed by atoms with Gasteiger partial charge >= 0.3 is 0 Å². The van der Waals surface area contributed by atoms with Crippen molar-refractivity contribution in [2.45, 2.75) is 12.4 Å². The highest BCUT2D eigenvalue weighted by atomic mass is 35.5. The first-order valence-electron chi connectivity index (χ1n) is 6.31. The average molecular weight is 288 g/mol. The Hall–Kier alpha value is -2.07. The van der Waals surface area contributed by atoms with Crippen LogP contribution in [0.25, 0.3) is 11.0 Å². The lowest BCUT2D eigenvalue weighted by Crippen LogP contribution is -2.05. The Bertz CT molecular complexity index is 725. The minimum absolute atomic E-state index is 0.365. The number of aromatic nitrogens is 3. The smallest absolute Gasteiger partial charge is 0.125 e. The topological polar surface area (TPSA) is 39.9 Å². The molecule has 3 aromatic rings. The Morgan fingerprint density at radius 1 is 1.25 bits per heavy atom. The molecule has 0 radical (unpaired) electrons. The summed E-state index contributed by atoms with van der Waals surface area (Å²) in [5.74, 6) is 1.99. The van der Waals surface area contributed by atoms with Crippen molar-refractivity contribution in [2.24, 2.45) is 0 Å². The summed E-state index contributed by atoms with van der Waals surface area (Å²) in [6.07, 6.45) is 1.79. The Labute approximate surface area is 122 Å². The second-order valence-electron chi connectivity index (χ2n) is 4.42. The summed E-state index contributed by atoms with van der Waals surface area (Å²) in [4.78, 5) is 8.91. The number of imidazole rings is 1. The number of hydrogen-bond acceptors (Lipinski definition) is 3. The number of rotatable bonds is 4. The van der Waals surface area contributed by atoms with Gasteiger partial charge in [0.05, 0.1) is 36.3 Å². The first-order chi connectivity index (χ1) is 9.81. The number of hydrogen-bond donors (Lipinski definition) is 0. The van der Waals surface area contributed by atoms with Crippen LogP contribution in [0.15, 0.2) is 42.6 Å². The molecule has 0 amide bonds. The molecule has 0 bridgehead atoms. The molecule has 4 nitrogen and oxygen atoms in total. The zero-order valence-corrected chi connectivity index (χ0v) is 11.8. The van der Waals surface area contributed by atoms with Crippen LogP contribution in [0.1, 0.15) is 11.5 Å². The van der Waals surface area contributed by atoms with E-state index < -0.39 is 0 Å². The molecule has 2 aromatic heterocycles. The fraction of sp³-hybridized carbons (Fsp3) is 0.200. The molecule has 0 aliphatic carbocycles. The van der Waals surface area contributed by atoms with Gasteiger partial charge in [-0.25, -0.2) is 4.98 Å². The molecule has 3 rings (SSSR count). The summed E-state index contributed by atoms with van der Waals surface area (Å²) in [5.41, 5.74) is 2.90. The zero-order valence-electron chi connectivity index (χ0n) is 11.1. The molecule has 0 saturated carbocycles. The molecular formula is C15H14ClN3O. The summed E-state index contributed by atoms with van der Waals surface area (Å²) in [6.45, 7) is 0.658. The number of methoxy groups -OCH3 is 1. The lowest BCUT2D eigenvalue weighted by atomic mass is 10.3. The number of pyridine rings is 1. The Morgan fingerprint density at radius 2 is 2.15 bits per heavy atom. The van der Waals surface area contributed by atoms with Crippen molar-refractivity contribution < 1.29 is 4.74 Å². The van der Waals surface area contributed by atoms with Crippen LogP contribution >= 0.6 is 11.6 Å². The van der Waals surface area contributed by atoms with Crippen molar-refractivity contribution >= 4 is 22.6 Å². The predicted octanol–water partition coefficient (Wildman–Crippen LogP) is 3.23. The number of benzene rings is 1. The third-order valence-corrected chi connectivity index (χ3v) is 3.44. The standard InChI is InChI=1S/C15H14ClN3O/c1-20-12-5-6-14-13(8-12)18-15(9-16)19(14)10-11-4-2-3-7-17-11/h2-8H,9-10H2,1H3. The summed E-state index contributed by atoms with van der Waals surface area (Å²) in [5, 5.41) is 0. The molecule has 0 atom stereocenters. The maximum Gasteiger partial charge on any atom is 0.125 e. The molecule has 0 spiro atoms. The molecule has 0 saturated heterocycles. The van der Waals surface area contributed by atoms with Gasteiger partial charge in [0.15, 0.2) is 0 Å². The monoisotopic (exact) mass is 287 g/mol. The van der Waals surface area contributed by atoms with Crippen molar-refractivity contribution in [1.29, 1.82) is 0 Å². The van der Waals surface area contributed by atoms with Crippen molar-refractivity contribution in [1.82, 2.24) is 14.5 Å². The van der Waals surface area contributed by atoms with E-state index in [1.165, 1.54) is 0 Å². The number of halogens is 1. The largest absolute Gasteiger partial charge is 0.497 e. The molecule has 20 heavy (non-hydrogen) atoms. The fourth-order valence-corrected chi connectivity index (χ4v) is 2.42. The Kier molecular flexibility index (Phi) is 3.56. The van der Waals surface area contributed by atoms with Crippen LogP contribution in [0.4, 0.5) is 0 Å². The number of nitrogens with zero attached hydrogens (tertiary/aromatic N) is 3. The van der Waals surface area contributed by atoms with Gasteiger partial charge < -0.3 is 9.30 Å². The van der Waals surface area contributed by atoms with Crippen LogP contribution in [0.2, 0.25) is 0 Å². The quantitative estimate of drug-likeness (QED) is 0.692. The van der Waals surface area contributed by atoms with Crippen LogP contribution in [-0.4, -0.2) is 21.6 Å². The van der Waals surface area contributed by atoms with Gasteiger partial charge in [-0.1, -0.05) is 6.07 Å². The van der Waals surface area contributed by atoms with Gasteiger partial charge in [0.2, 0.25) is 0 Å². The van der Waals surface area contributed by atoms with Crippen molar-refractivity contribution in [2.75, 3.05) is 7.11 Å². The van der Waals surface area contributed by atoms with Crippen molar-refractivity contribution in [3.63, 3.8) is 0 Å². The highest BCUT2D eigenvalue weighted by molar-refractivity contribution is 6.16. The molecule has 2 heterocycles. The molecule has 0 fully saturated rings. The second-order valence-corrected chi connectivity index (χ2v) is 4.69. The molecule has 0 N–H and O–H groups in total.